The van der Waals surface area contributed by atoms with Gasteiger partial charge in [-0.15, -0.1) is 0 Å². The van der Waals surface area contributed by atoms with E-state index in [0.717, 1.165) is 10.5 Å². The van der Waals surface area contributed by atoms with Gasteiger partial charge in [0.1, 0.15) is 24.0 Å². The number of alkyl halides is 3. The third-order valence-corrected chi connectivity index (χ3v) is 8.85. The number of benzene rings is 2. The number of carbonyl (C=O) groups excluding carboxylic acids is 2. The van der Waals surface area contributed by atoms with Crippen LogP contribution in [0.3, 0.4) is 0 Å². The minimum absolute atomic E-state index is 0.255. The predicted octanol–water partition coefficient (Wildman–Crippen LogP) is 6.14. The molecule has 6 rings (SSSR count). The second-order valence-corrected chi connectivity index (χ2v) is 13.7. The van der Waals surface area contributed by atoms with Crippen LogP contribution in [0, 0.1) is 10.8 Å². The molecule has 1 aliphatic heterocycles. The van der Waals surface area contributed by atoms with Crippen molar-refractivity contribution in [2.75, 3.05) is 6.61 Å². The number of aromatic nitrogens is 5. The number of halogens is 4. The van der Waals surface area contributed by atoms with Crippen molar-refractivity contribution in [1.82, 2.24) is 40.7 Å². The van der Waals surface area contributed by atoms with Gasteiger partial charge in [-0.1, -0.05) is 62.7 Å². The summed E-state index contributed by atoms with van der Waals surface area (Å²) in [4.78, 5) is 41.5. The van der Waals surface area contributed by atoms with Crippen molar-refractivity contribution in [1.29, 1.82) is 5.41 Å². The summed E-state index contributed by atoms with van der Waals surface area (Å²) in [6, 6.07) is 12.4. The molecule has 4 N–H and O–H groups in total. The molecular formula is C33H33ClF3N9O3. The Morgan fingerprint density at radius 1 is 1.10 bits per heavy atom. The van der Waals surface area contributed by atoms with Crippen LogP contribution in [0.25, 0.3) is 22.8 Å². The Bertz CT molecular complexity index is 1860. The zero-order valence-corrected chi connectivity index (χ0v) is 27.5. The van der Waals surface area contributed by atoms with E-state index in [1.54, 1.807) is 60.9 Å². The van der Waals surface area contributed by atoms with E-state index in [1.165, 1.54) is 6.33 Å². The van der Waals surface area contributed by atoms with Crippen LogP contribution < -0.4 is 10.6 Å². The fourth-order valence-electron chi connectivity index (χ4n) is 6.06. The number of carbonyl (C=O) groups is 2. The number of amides is 2. The summed E-state index contributed by atoms with van der Waals surface area (Å²) in [6.45, 7) is 5.31. The number of H-pyrrole nitrogens is 1. The molecule has 16 heteroatoms. The Morgan fingerprint density at radius 2 is 1.80 bits per heavy atom. The monoisotopic (exact) mass is 695 g/mol. The number of guanidine groups is 1. The van der Waals surface area contributed by atoms with Gasteiger partial charge in [0, 0.05) is 23.5 Å². The lowest BCUT2D eigenvalue weighted by atomic mass is 9.75. The summed E-state index contributed by atoms with van der Waals surface area (Å²) in [7, 11) is 0. The summed E-state index contributed by atoms with van der Waals surface area (Å²) in [6.07, 6.45) is -1.69. The first-order valence-corrected chi connectivity index (χ1v) is 15.8. The van der Waals surface area contributed by atoms with E-state index < -0.39 is 47.3 Å². The normalized spacial score (nSPS) is 19.4. The van der Waals surface area contributed by atoms with Gasteiger partial charge in [-0.3, -0.25) is 20.2 Å². The van der Waals surface area contributed by atoms with Gasteiger partial charge in [-0.25, -0.2) is 19.7 Å². The number of alkyl carbamates (subject to hydrolysis) is 1. The molecule has 49 heavy (non-hydrogen) atoms. The van der Waals surface area contributed by atoms with Crippen molar-refractivity contribution in [2.24, 2.45) is 5.41 Å². The third kappa shape index (κ3) is 6.67. The molecule has 2 amide bonds. The SMILES string of the molecule is CC(C)(C)C[C@]1(c2ccc(-c3ncccn3)cc2)NC(=N)N([C@H](COC(=O)NC2(C(F)(F)F)CC2)c2ccc(Cl)c(-c3ncn[nH]3)c2)C1=O. The van der Waals surface area contributed by atoms with Gasteiger partial charge in [0.05, 0.1) is 11.1 Å². The molecule has 0 spiro atoms. The van der Waals surface area contributed by atoms with Gasteiger partial charge >= 0.3 is 12.3 Å². The Hall–Kier alpha value is -5.05. The highest BCUT2D eigenvalue weighted by atomic mass is 35.5. The summed E-state index contributed by atoms with van der Waals surface area (Å²) in [5, 5.41) is 21.0. The van der Waals surface area contributed by atoms with Crippen molar-refractivity contribution >= 4 is 29.6 Å². The summed E-state index contributed by atoms with van der Waals surface area (Å²) < 4.78 is 46.2. The largest absolute Gasteiger partial charge is 0.447 e. The van der Waals surface area contributed by atoms with E-state index >= 15 is 0 Å². The number of aromatic amines is 1. The molecule has 0 radical (unpaired) electrons. The van der Waals surface area contributed by atoms with Gasteiger partial charge in [0.15, 0.2) is 17.6 Å². The number of ether oxygens (including phenoxy) is 1. The number of hydrogen-bond donors (Lipinski definition) is 4. The molecule has 2 atom stereocenters. The lowest BCUT2D eigenvalue weighted by Crippen LogP contribution is -2.49. The molecule has 0 unspecified atom stereocenters. The van der Waals surface area contributed by atoms with E-state index in [2.05, 4.69) is 30.5 Å². The predicted molar refractivity (Wildman–Crippen MR) is 173 cm³/mol. The zero-order valence-electron chi connectivity index (χ0n) is 26.7. The van der Waals surface area contributed by atoms with Crippen molar-refractivity contribution in [2.45, 2.75) is 63.3 Å². The first-order chi connectivity index (χ1) is 23.1. The topological polar surface area (TPSA) is 162 Å². The molecule has 2 aliphatic rings. The van der Waals surface area contributed by atoms with E-state index in [-0.39, 0.29) is 25.2 Å². The molecular weight excluding hydrogens is 663 g/mol. The molecule has 256 valence electrons. The third-order valence-electron chi connectivity index (χ3n) is 8.52. The Balaban J connectivity index is 1.38. The highest BCUT2D eigenvalue weighted by molar-refractivity contribution is 6.33. The molecule has 1 aliphatic carbocycles. The van der Waals surface area contributed by atoms with E-state index in [1.807, 2.05) is 26.1 Å². The van der Waals surface area contributed by atoms with E-state index in [9.17, 15) is 22.8 Å². The fourth-order valence-corrected chi connectivity index (χ4v) is 6.27. The van der Waals surface area contributed by atoms with Gasteiger partial charge in [-0.05, 0) is 54.0 Å². The van der Waals surface area contributed by atoms with Gasteiger partial charge in [-0.2, -0.15) is 18.3 Å². The van der Waals surface area contributed by atoms with Crippen LogP contribution in [0.5, 0.6) is 0 Å². The highest BCUT2D eigenvalue weighted by Gasteiger charge is 2.64. The summed E-state index contributed by atoms with van der Waals surface area (Å²) >= 11 is 6.48. The Morgan fingerprint density at radius 3 is 2.39 bits per heavy atom. The molecule has 4 aromatic rings. The standard InChI is InChI=1S/C33H33ClF3N9O3/c1-30(2,3)17-32(21-8-5-19(6-9-21)25-39-13-4-14-40-25)27(47)46(28(38)43-32)24(16-49-29(48)44-31(11-12-31)33(35,36)37)20-7-10-23(34)22(15-20)26-41-18-42-45-26/h4-10,13-15,18,24H,11-12,16-17H2,1-3H3,(H2,38,43)(H,44,48)(H,41,42,45)/t24-,32-/m1/s1. The molecule has 2 aromatic carbocycles. The molecule has 12 nitrogen and oxygen atoms in total. The van der Waals surface area contributed by atoms with Crippen molar-refractivity contribution in [3.05, 3.63) is 83.4 Å². The van der Waals surface area contributed by atoms with Crippen LogP contribution in [0.15, 0.2) is 67.3 Å². The zero-order chi connectivity index (χ0) is 35.2. The van der Waals surface area contributed by atoms with Crippen LogP contribution >= 0.6 is 11.6 Å². The lowest BCUT2D eigenvalue weighted by Gasteiger charge is -2.35. The van der Waals surface area contributed by atoms with Crippen LogP contribution in [0.2, 0.25) is 5.02 Å². The highest BCUT2D eigenvalue weighted by Crippen LogP contribution is 2.49. The van der Waals surface area contributed by atoms with Crippen molar-refractivity contribution in [3.63, 3.8) is 0 Å². The van der Waals surface area contributed by atoms with Crippen LogP contribution in [-0.4, -0.2) is 66.3 Å². The van der Waals surface area contributed by atoms with E-state index in [4.69, 9.17) is 21.7 Å². The average Bonchev–Trinajstić information content (AvgIpc) is 3.55. The number of hydrogen-bond acceptors (Lipinski definition) is 8. The average molecular weight is 696 g/mol. The van der Waals surface area contributed by atoms with Crippen LogP contribution in [0.4, 0.5) is 18.0 Å². The molecule has 2 fully saturated rings. The molecule has 0 bridgehead atoms. The fraction of sp³-hybridized carbons (Fsp3) is 0.364. The number of nitrogens with one attached hydrogen (secondary N) is 4. The molecule has 1 saturated heterocycles. The van der Waals surface area contributed by atoms with E-state index in [0.29, 0.717) is 33.4 Å². The minimum atomic E-state index is -4.65. The maximum atomic E-state index is 14.8. The number of rotatable bonds is 9. The van der Waals surface area contributed by atoms with Crippen LogP contribution in [0.1, 0.15) is 57.2 Å². The quantitative estimate of drug-likeness (QED) is 0.162. The molecule has 2 aromatic heterocycles. The minimum Gasteiger partial charge on any atom is -0.447 e. The first kappa shape index (κ1) is 33.8. The maximum Gasteiger partial charge on any atom is 0.411 e. The van der Waals surface area contributed by atoms with Crippen molar-refractivity contribution < 1.29 is 27.5 Å². The smallest absolute Gasteiger partial charge is 0.411 e. The Kier molecular flexibility index (Phi) is 8.59. The maximum absolute atomic E-state index is 14.8. The second-order valence-electron chi connectivity index (χ2n) is 13.3. The summed E-state index contributed by atoms with van der Waals surface area (Å²) in [5.41, 5.74) is -2.14. The van der Waals surface area contributed by atoms with Gasteiger partial charge in [0.25, 0.3) is 5.91 Å². The summed E-state index contributed by atoms with van der Waals surface area (Å²) in [5.74, 6) is 0.00743. The number of nitrogens with zero attached hydrogens (tertiary/aromatic N) is 5. The Labute approximate surface area is 284 Å². The molecule has 3 heterocycles. The first-order valence-electron chi connectivity index (χ1n) is 15.4. The van der Waals surface area contributed by atoms with Crippen molar-refractivity contribution in [3.8, 4) is 22.8 Å². The molecule has 1 saturated carbocycles. The van der Waals surface area contributed by atoms with Gasteiger partial charge in [0.2, 0.25) is 0 Å². The lowest BCUT2D eigenvalue weighted by molar-refractivity contribution is -0.164. The second kappa shape index (κ2) is 12.4. The van der Waals surface area contributed by atoms with Gasteiger partial charge < -0.3 is 15.4 Å². The van der Waals surface area contributed by atoms with Crippen LogP contribution in [-0.2, 0) is 15.1 Å².